The summed E-state index contributed by atoms with van der Waals surface area (Å²) in [6.07, 6.45) is 3.66. The van der Waals surface area contributed by atoms with E-state index in [9.17, 15) is 15.2 Å². The number of amides is 1. The van der Waals surface area contributed by atoms with E-state index in [1.807, 2.05) is 30.5 Å². The lowest BCUT2D eigenvalue weighted by molar-refractivity contribution is -0.149. The first-order valence-electron chi connectivity index (χ1n) is 11.1. The van der Waals surface area contributed by atoms with Gasteiger partial charge in [-0.3, -0.25) is 14.4 Å². The third-order valence-electron chi connectivity index (χ3n) is 6.46. The van der Waals surface area contributed by atoms with Crippen LogP contribution < -0.4 is 9.47 Å². The Morgan fingerprint density at radius 3 is 2.69 bits per heavy atom. The van der Waals surface area contributed by atoms with Gasteiger partial charge in [0.25, 0.3) is 0 Å². The first-order chi connectivity index (χ1) is 17.0. The number of carbonyl (C=O) groups is 1. The predicted octanol–water partition coefficient (Wildman–Crippen LogP) is 3.59. The number of ether oxygens (including phenoxy) is 2. The van der Waals surface area contributed by atoms with Gasteiger partial charge in [0.05, 0.1) is 43.2 Å². The van der Waals surface area contributed by atoms with E-state index in [-0.39, 0.29) is 18.1 Å². The van der Waals surface area contributed by atoms with Crippen molar-refractivity contribution in [3.8, 4) is 17.6 Å². The Kier molecular flexibility index (Phi) is 6.01. The number of aromatic nitrogens is 2. The van der Waals surface area contributed by atoms with Gasteiger partial charge in [-0.25, -0.2) is 0 Å². The first kappa shape index (κ1) is 23.0. The summed E-state index contributed by atoms with van der Waals surface area (Å²) in [6.45, 7) is 0.501. The molecular weight excluding hydrogens is 464 g/mol. The van der Waals surface area contributed by atoms with Crippen LogP contribution in [0.15, 0.2) is 71.5 Å². The van der Waals surface area contributed by atoms with Crippen LogP contribution in [0.25, 0.3) is 0 Å². The van der Waals surface area contributed by atoms with E-state index >= 15 is 0 Å². The van der Waals surface area contributed by atoms with Gasteiger partial charge in [-0.2, -0.15) is 10.4 Å². The zero-order chi connectivity index (χ0) is 24.6. The Morgan fingerprint density at radius 2 is 2.03 bits per heavy atom. The summed E-state index contributed by atoms with van der Waals surface area (Å²) in [6, 6.07) is 16.9. The maximum Gasteiger partial charge on any atom is 0.231 e. The second-order valence-corrected chi connectivity index (χ2v) is 9.39. The number of thioether (sulfide) groups is 1. The summed E-state index contributed by atoms with van der Waals surface area (Å²) in [5.74, 6) is 0.976. The smallest absolute Gasteiger partial charge is 0.231 e. The Hall–Kier alpha value is -3.74. The van der Waals surface area contributed by atoms with Gasteiger partial charge in [0.15, 0.2) is 5.72 Å². The van der Waals surface area contributed by atoms with Crippen LogP contribution in [0, 0.1) is 11.3 Å². The number of fused-ring (bicyclic) bond motifs is 1. The van der Waals surface area contributed by atoms with Crippen LogP contribution in [-0.2, 0) is 17.1 Å². The van der Waals surface area contributed by atoms with Crippen molar-refractivity contribution in [2.75, 3.05) is 20.0 Å². The van der Waals surface area contributed by atoms with Crippen LogP contribution in [0.3, 0.4) is 0 Å². The summed E-state index contributed by atoms with van der Waals surface area (Å²) in [7, 11) is 3.19. The fourth-order valence-corrected chi connectivity index (χ4v) is 6.05. The number of methoxy groups -OCH3 is 2. The summed E-state index contributed by atoms with van der Waals surface area (Å²) in [5, 5.41) is 26.5. The van der Waals surface area contributed by atoms with Crippen molar-refractivity contribution in [3.05, 3.63) is 88.2 Å². The third-order valence-corrected chi connectivity index (χ3v) is 7.68. The monoisotopic (exact) mass is 488 g/mol. The zero-order valence-electron chi connectivity index (χ0n) is 19.3. The van der Waals surface area contributed by atoms with Crippen LogP contribution in [0.2, 0.25) is 0 Å². The third kappa shape index (κ3) is 3.95. The Balaban J connectivity index is 1.53. The lowest BCUT2D eigenvalue weighted by atomic mass is 9.84. The number of rotatable bonds is 6. The van der Waals surface area contributed by atoms with Crippen LogP contribution in [0.1, 0.15) is 29.0 Å². The molecule has 0 aliphatic carbocycles. The largest absolute Gasteiger partial charge is 0.497 e. The number of benzene rings is 2. The van der Waals surface area contributed by atoms with Crippen molar-refractivity contribution in [1.82, 2.24) is 14.7 Å². The highest BCUT2D eigenvalue weighted by molar-refractivity contribution is 8.03. The molecule has 5 rings (SSSR count). The Bertz CT molecular complexity index is 1330. The summed E-state index contributed by atoms with van der Waals surface area (Å²) in [4.78, 5) is 14.8. The molecule has 1 N–H and O–H groups in total. The molecule has 0 spiro atoms. The molecule has 2 aliphatic rings. The number of hydrogen-bond donors (Lipinski definition) is 1. The molecule has 2 aliphatic heterocycles. The average Bonchev–Trinajstić information content (AvgIpc) is 3.52. The first-order valence-corrected chi connectivity index (χ1v) is 12.1. The van der Waals surface area contributed by atoms with E-state index in [1.54, 1.807) is 49.4 Å². The fourth-order valence-electron chi connectivity index (χ4n) is 4.69. The van der Waals surface area contributed by atoms with Crippen LogP contribution >= 0.6 is 11.8 Å². The molecule has 8 nitrogen and oxygen atoms in total. The molecule has 178 valence electrons. The molecule has 3 heterocycles. The van der Waals surface area contributed by atoms with Crippen LogP contribution in [0.4, 0.5) is 0 Å². The minimum atomic E-state index is -1.53. The van der Waals surface area contributed by atoms with Gasteiger partial charge in [0.2, 0.25) is 5.91 Å². The molecule has 0 unspecified atom stereocenters. The number of nitriles is 1. The Labute approximate surface area is 207 Å². The zero-order valence-corrected chi connectivity index (χ0v) is 20.2. The van der Waals surface area contributed by atoms with Gasteiger partial charge >= 0.3 is 0 Å². The number of allylic oxidation sites excluding steroid dienone is 1. The van der Waals surface area contributed by atoms with Gasteiger partial charge in [0.1, 0.15) is 11.5 Å². The summed E-state index contributed by atoms with van der Waals surface area (Å²) < 4.78 is 12.5. The van der Waals surface area contributed by atoms with Crippen LogP contribution in [0.5, 0.6) is 11.5 Å². The van der Waals surface area contributed by atoms with Gasteiger partial charge < -0.3 is 14.6 Å². The lowest BCUT2D eigenvalue weighted by Gasteiger charge is -2.38. The maximum atomic E-state index is 13.4. The highest BCUT2D eigenvalue weighted by Gasteiger charge is 2.51. The van der Waals surface area contributed by atoms with Crippen molar-refractivity contribution in [3.63, 3.8) is 0 Å². The quantitative estimate of drug-likeness (QED) is 0.566. The molecule has 0 saturated carbocycles. The lowest BCUT2D eigenvalue weighted by Crippen LogP contribution is -2.48. The van der Waals surface area contributed by atoms with Crippen molar-refractivity contribution < 1.29 is 19.4 Å². The standard InChI is InChI=1S/C26H24N4O4S/c1-33-20-7-5-19(6-8-20)26(32)16-35-25-22(14-27)21(13-24(31)30(25)26)17-4-9-23(34-2)18(12-17)15-29-11-3-10-28-29/h3-12,21,32H,13,15-16H2,1-2H3/t21-,26-/m0/s1. The topological polar surface area (TPSA) is 101 Å². The van der Waals surface area contributed by atoms with Gasteiger partial charge in [-0.15, -0.1) is 11.8 Å². The number of nitrogens with zero attached hydrogens (tertiary/aromatic N) is 4. The molecule has 9 heteroatoms. The predicted molar refractivity (Wildman–Crippen MR) is 131 cm³/mol. The SMILES string of the molecule is COc1ccc([C@@]2(O)CSC3=C(C#N)[C@H](c4ccc(OC)c(Cn5cccn5)c4)CC(=O)N32)cc1. The van der Waals surface area contributed by atoms with E-state index in [2.05, 4.69) is 11.2 Å². The minimum absolute atomic E-state index is 0.0823. The molecule has 2 atom stereocenters. The van der Waals surface area contributed by atoms with E-state index < -0.39 is 11.6 Å². The number of aliphatic hydroxyl groups is 1. The molecule has 35 heavy (non-hydrogen) atoms. The second kappa shape index (κ2) is 9.13. The van der Waals surface area contributed by atoms with Crippen molar-refractivity contribution in [1.29, 1.82) is 5.26 Å². The number of hydrogen-bond acceptors (Lipinski definition) is 7. The van der Waals surface area contributed by atoms with Crippen molar-refractivity contribution in [2.45, 2.75) is 24.6 Å². The van der Waals surface area contributed by atoms with E-state index in [0.29, 0.717) is 34.2 Å². The molecule has 1 aromatic heterocycles. The highest BCUT2D eigenvalue weighted by atomic mass is 32.2. The van der Waals surface area contributed by atoms with Gasteiger partial charge in [0, 0.05) is 35.9 Å². The maximum absolute atomic E-state index is 13.4. The molecule has 0 bridgehead atoms. The molecule has 0 radical (unpaired) electrons. The summed E-state index contributed by atoms with van der Waals surface area (Å²) >= 11 is 1.33. The molecular formula is C26H24N4O4S. The van der Waals surface area contributed by atoms with Crippen LogP contribution in [-0.4, -0.2) is 45.7 Å². The molecule has 1 saturated heterocycles. The van der Waals surface area contributed by atoms with Gasteiger partial charge in [-0.1, -0.05) is 18.2 Å². The average molecular weight is 489 g/mol. The van der Waals surface area contributed by atoms with Gasteiger partial charge in [-0.05, 0) is 35.9 Å². The van der Waals surface area contributed by atoms with Crippen molar-refractivity contribution >= 4 is 17.7 Å². The van der Waals surface area contributed by atoms with E-state index in [1.165, 1.54) is 16.7 Å². The number of carbonyl (C=O) groups excluding carboxylic acids is 1. The summed E-state index contributed by atoms with van der Waals surface area (Å²) in [5.41, 5.74) is 1.29. The Morgan fingerprint density at radius 1 is 1.23 bits per heavy atom. The molecule has 1 fully saturated rings. The fraction of sp³-hybridized carbons (Fsp3) is 0.269. The van der Waals surface area contributed by atoms with Crippen molar-refractivity contribution in [2.24, 2.45) is 0 Å². The second-order valence-electron chi connectivity index (χ2n) is 8.43. The van der Waals surface area contributed by atoms with E-state index in [4.69, 9.17) is 9.47 Å². The molecule has 1 amide bonds. The highest BCUT2D eigenvalue weighted by Crippen LogP contribution is 2.52. The molecule has 2 aromatic carbocycles. The molecule has 3 aromatic rings. The normalized spacial score (nSPS) is 21.6. The minimum Gasteiger partial charge on any atom is -0.497 e. The van der Waals surface area contributed by atoms with E-state index in [0.717, 1.165) is 11.1 Å².